The Bertz CT molecular complexity index is 176. The number of nitrogens with zero attached hydrogens (tertiary/aromatic N) is 1. The van der Waals surface area contributed by atoms with E-state index in [1.54, 1.807) is 0 Å². The molecule has 2 nitrogen and oxygen atoms in total. The third-order valence-corrected chi connectivity index (χ3v) is 3.50. The van der Waals surface area contributed by atoms with E-state index in [2.05, 4.69) is 25.7 Å². The van der Waals surface area contributed by atoms with Crippen LogP contribution in [-0.2, 0) is 0 Å². The molecule has 0 saturated heterocycles. The second-order valence-electron chi connectivity index (χ2n) is 5.79. The van der Waals surface area contributed by atoms with Crippen LogP contribution in [0, 0.1) is 5.92 Å². The van der Waals surface area contributed by atoms with Gasteiger partial charge in [-0.25, -0.2) is 0 Å². The summed E-state index contributed by atoms with van der Waals surface area (Å²) >= 11 is 0. The van der Waals surface area contributed by atoms with E-state index < -0.39 is 0 Å². The van der Waals surface area contributed by atoms with Gasteiger partial charge in [0.1, 0.15) is 0 Å². The molecule has 2 heteroatoms. The Hall–Kier alpha value is -0.0800. The quantitative estimate of drug-likeness (QED) is 0.655. The lowest BCUT2D eigenvalue weighted by Crippen LogP contribution is -2.33. The van der Waals surface area contributed by atoms with Crippen LogP contribution < -0.4 is 5.73 Å². The minimum absolute atomic E-state index is 0.422. The van der Waals surface area contributed by atoms with Gasteiger partial charge in [-0.3, -0.25) is 0 Å². The van der Waals surface area contributed by atoms with Gasteiger partial charge in [-0.05, 0) is 51.1 Å². The van der Waals surface area contributed by atoms with Crippen LogP contribution >= 0.6 is 0 Å². The van der Waals surface area contributed by atoms with Crippen LogP contribution in [0.15, 0.2) is 0 Å². The zero-order chi connectivity index (χ0) is 12.0. The molecule has 0 aromatic heterocycles. The highest BCUT2D eigenvalue weighted by Crippen LogP contribution is 2.27. The minimum Gasteiger partial charge on any atom is -0.328 e. The van der Waals surface area contributed by atoms with E-state index in [1.807, 2.05) is 0 Å². The summed E-state index contributed by atoms with van der Waals surface area (Å²) < 4.78 is 0. The van der Waals surface area contributed by atoms with Crippen molar-refractivity contribution in [1.29, 1.82) is 0 Å². The van der Waals surface area contributed by atoms with Gasteiger partial charge in [-0.2, -0.15) is 0 Å². The van der Waals surface area contributed by atoms with Crippen molar-refractivity contribution in [2.45, 2.75) is 71.4 Å². The van der Waals surface area contributed by atoms with E-state index in [0.29, 0.717) is 6.04 Å². The number of hydrogen-bond acceptors (Lipinski definition) is 2. The highest BCUT2D eigenvalue weighted by Gasteiger charge is 2.28. The van der Waals surface area contributed by atoms with Crippen molar-refractivity contribution in [3.8, 4) is 0 Å². The lowest BCUT2D eigenvalue weighted by molar-refractivity contribution is 0.237. The van der Waals surface area contributed by atoms with Gasteiger partial charge in [0.2, 0.25) is 0 Å². The topological polar surface area (TPSA) is 29.3 Å². The van der Waals surface area contributed by atoms with E-state index in [1.165, 1.54) is 51.6 Å². The molecule has 0 amide bonds. The Morgan fingerprint density at radius 1 is 1.12 bits per heavy atom. The van der Waals surface area contributed by atoms with Crippen LogP contribution in [0.1, 0.15) is 59.3 Å². The molecule has 1 unspecified atom stereocenters. The molecule has 0 heterocycles. The Morgan fingerprint density at radius 2 is 1.75 bits per heavy atom. The normalized spacial score (nSPS) is 18.4. The monoisotopic (exact) mass is 226 g/mol. The number of hydrogen-bond donors (Lipinski definition) is 1. The molecule has 0 bridgehead atoms. The molecule has 1 aliphatic carbocycles. The third-order valence-electron chi connectivity index (χ3n) is 3.50. The van der Waals surface area contributed by atoms with Gasteiger partial charge in [-0.15, -0.1) is 0 Å². The number of rotatable bonds is 9. The van der Waals surface area contributed by atoms with Crippen molar-refractivity contribution >= 4 is 0 Å². The van der Waals surface area contributed by atoms with Gasteiger partial charge >= 0.3 is 0 Å². The fourth-order valence-corrected chi connectivity index (χ4v) is 2.19. The van der Waals surface area contributed by atoms with Crippen LogP contribution in [0.5, 0.6) is 0 Å². The maximum atomic E-state index is 6.08. The molecule has 1 aliphatic rings. The summed E-state index contributed by atoms with van der Waals surface area (Å²) in [6.45, 7) is 9.35. The Labute approximate surface area is 102 Å². The van der Waals surface area contributed by atoms with Crippen LogP contribution in [-0.4, -0.2) is 30.1 Å². The van der Waals surface area contributed by atoms with E-state index >= 15 is 0 Å². The first-order chi connectivity index (χ1) is 7.63. The second kappa shape index (κ2) is 7.29. The van der Waals surface area contributed by atoms with Crippen molar-refractivity contribution in [3.63, 3.8) is 0 Å². The molecular formula is C14H30N2. The predicted octanol–water partition coefficient (Wildman–Crippen LogP) is 3.01. The van der Waals surface area contributed by atoms with Crippen molar-refractivity contribution in [3.05, 3.63) is 0 Å². The molecule has 2 N–H and O–H groups in total. The molecule has 0 aromatic rings. The first kappa shape index (κ1) is 14.0. The maximum Gasteiger partial charge on any atom is 0.00964 e. The average Bonchev–Trinajstić information content (AvgIpc) is 3.01. The molecule has 16 heavy (non-hydrogen) atoms. The molecule has 0 aliphatic heterocycles. The number of nitrogens with two attached hydrogens (primary N) is 1. The highest BCUT2D eigenvalue weighted by molar-refractivity contribution is 4.85. The Morgan fingerprint density at radius 3 is 2.25 bits per heavy atom. The molecule has 96 valence electrons. The van der Waals surface area contributed by atoms with Crippen molar-refractivity contribution in [2.75, 3.05) is 13.1 Å². The average molecular weight is 226 g/mol. The van der Waals surface area contributed by atoms with Gasteiger partial charge in [0.05, 0.1) is 0 Å². The fourth-order valence-electron chi connectivity index (χ4n) is 2.19. The molecular weight excluding hydrogens is 196 g/mol. The SMILES string of the molecule is CCCC(N)CCN(CCC(C)C)C1CC1. The summed E-state index contributed by atoms with van der Waals surface area (Å²) in [4.78, 5) is 2.68. The van der Waals surface area contributed by atoms with E-state index in [9.17, 15) is 0 Å². The highest BCUT2D eigenvalue weighted by atomic mass is 15.2. The zero-order valence-corrected chi connectivity index (χ0v) is 11.4. The maximum absolute atomic E-state index is 6.08. The first-order valence-corrected chi connectivity index (χ1v) is 7.13. The third kappa shape index (κ3) is 5.86. The van der Waals surface area contributed by atoms with Crippen LogP contribution in [0.4, 0.5) is 0 Å². The summed E-state index contributed by atoms with van der Waals surface area (Å²) in [6.07, 6.45) is 7.75. The van der Waals surface area contributed by atoms with Crippen LogP contribution in [0.2, 0.25) is 0 Å². The van der Waals surface area contributed by atoms with Gasteiger partial charge in [0.25, 0.3) is 0 Å². The molecule has 0 spiro atoms. The summed E-state index contributed by atoms with van der Waals surface area (Å²) in [5.41, 5.74) is 6.08. The largest absolute Gasteiger partial charge is 0.328 e. The molecule has 0 aromatic carbocycles. The lowest BCUT2D eigenvalue weighted by atomic mass is 10.1. The summed E-state index contributed by atoms with van der Waals surface area (Å²) in [5.74, 6) is 0.825. The van der Waals surface area contributed by atoms with Crippen molar-refractivity contribution in [2.24, 2.45) is 11.7 Å². The predicted molar refractivity (Wildman–Crippen MR) is 71.6 cm³/mol. The summed E-state index contributed by atoms with van der Waals surface area (Å²) in [6, 6.07) is 1.32. The van der Waals surface area contributed by atoms with Crippen molar-refractivity contribution < 1.29 is 0 Å². The Balaban J connectivity index is 2.17. The molecule has 1 saturated carbocycles. The zero-order valence-electron chi connectivity index (χ0n) is 11.4. The second-order valence-corrected chi connectivity index (χ2v) is 5.79. The van der Waals surface area contributed by atoms with E-state index in [-0.39, 0.29) is 0 Å². The van der Waals surface area contributed by atoms with Crippen LogP contribution in [0.3, 0.4) is 0 Å². The van der Waals surface area contributed by atoms with Gasteiger partial charge in [-0.1, -0.05) is 27.2 Å². The molecule has 1 rings (SSSR count). The Kier molecular flexibility index (Phi) is 6.37. The van der Waals surface area contributed by atoms with E-state index in [0.717, 1.165) is 12.0 Å². The summed E-state index contributed by atoms with van der Waals surface area (Å²) in [7, 11) is 0. The molecule has 1 atom stereocenters. The van der Waals surface area contributed by atoms with Gasteiger partial charge < -0.3 is 10.6 Å². The standard InChI is InChI=1S/C14H30N2/c1-4-5-13(15)9-11-16(14-6-7-14)10-8-12(2)3/h12-14H,4-11,15H2,1-3H3. The summed E-state index contributed by atoms with van der Waals surface area (Å²) in [5, 5.41) is 0. The van der Waals surface area contributed by atoms with Gasteiger partial charge in [0, 0.05) is 12.1 Å². The van der Waals surface area contributed by atoms with E-state index in [4.69, 9.17) is 5.73 Å². The van der Waals surface area contributed by atoms with Crippen LogP contribution in [0.25, 0.3) is 0 Å². The lowest BCUT2D eigenvalue weighted by Gasteiger charge is -2.24. The minimum atomic E-state index is 0.422. The van der Waals surface area contributed by atoms with Gasteiger partial charge in [0.15, 0.2) is 0 Å². The fraction of sp³-hybridized carbons (Fsp3) is 1.00. The van der Waals surface area contributed by atoms with Crippen molar-refractivity contribution in [1.82, 2.24) is 4.90 Å². The smallest absolute Gasteiger partial charge is 0.00964 e. The molecule has 1 fully saturated rings. The molecule has 0 radical (unpaired) electrons. The first-order valence-electron chi connectivity index (χ1n) is 7.13.